The van der Waals surface area contributed by atoms with Crippen LogP contribution in [0.1, 0.15) is 94.6 Å². The highest BCUT2D eigenvalue weighted by Crippen LogP contribution is 2.40. The number of hydrogen-bond donors (Lipinski definition) is 0. The van der Waals surface area contributed by atoms with Crippen molar-refractivity contribution in [1.29, 1.82) is 0 Å². The lowest BCUT2D eigenvalue weighted by molar-refractivity contribution is -0.249. The second-order valence-corrected chi connectivity index (χ2v) is 9.83. The highest BCUT2D eigenvalue weighted by molar-refractivity contribution is 5.32. The van der Waals surface area contributed by atoms with Crippen LogP contribution in [0.3, 0.4) is 0 Å². The minimum atomic E-state index is -0.720. The van der Waals surface area contributed by atoms with Crippen molar-refractivity contribution in [2.75, 3.05) is 19.8 Å². The van der Waals surface area contributed by atoms with Gasteiger partial charge in [0.05, 0.1) is 19.8 Å². The Labute approximate surface area is 185 Å². The van der Waals surface area contributed by atoms with Crippen molar-refractivity contribution in [3.8, 4) is 0 Å². The molecular weight excluding hydrogens is 398 g/mol. The number of benzene rings is 1. The van der Waals surface area contributed by atoms with Crippen LogP contribution in [-0.2, 0) is 14.2 Å². The lowest BCUT2D eigenvalue weighted by Crippen LogP contribution is -2.43. The molecule has 2 heterocycles. The number of halogens is 2. The summed E-state index contributed by atoms with van der Waals surface area (Å²) < 4.78 is 47.8. The van der Waals surface area contributed by atoms with Crippen molar-refractivity contribution < 1.29 is 23.0 Å². The van der Waals surface area contributed by atoms with Crippen molar-refractivity contribution in [2.45, 2.75) is 95.9 Å². The largest absolute Gasteiger partial charge is 0.373 e. The van der Waals surface area contributed by atoms with E-state index in [9.17, 15) is 4.39 Å². The standard InChI is InChI=1S/C26H38F2O3/c1-3-5-18-8-13-23(29-14-18)26-30-15-20(16-31-26)22-12-11-21(24(27)25(22)28)19-9-6-17(4-2)7-10-19/h11-12,17-20,23,26H,3-10,13-16H2,1-2H3. The summed E-state index contributed by atoms with van der Waals surface area (Å²) >= 11 is 0. The predicted molar refractivity (Wildman–Crippen MR) is 117 cm³/mol. The molecule has 2 saturated heterocycles. The lowest BCUT2D eigenvalue weighted by atomic mass is 9.77. The molecule has 174 valence electrons. The summed E-state index contributed by atoms with van der Waals surface area (Å²) in [6, 6.07) is 3.55. The molecular formula is C26H38F2O3. The van der Waals surface area contributed by atoms with Crippen LogP contribution in [0.25, 0.3) is 0 Å². The van der Waals surface area contributed by atoms with Crippen LogP contribution in [0.4, 0.5) is 8.78 Å². The van der Waals surface area contributed by atoms with Gasteiger partial charge in [-0.25, -0.2) is 8.78 Å². The molecule has 1 saturated carbocycles. The monoisotopic (exact) mass is 436 g/mol. The molecule has 2 unspecified atom stereocenters. The van der Waals surface area contributed by atoms with E-state index in [0.717, 1.165) is 51.0 Å². The fraction of sp³-hybridized carbons (Fsp3) is 0.769. The maximum Gasteiger partial charge on any atom is 0.183 e. The van der Waals surface area contributed by atoms with Gasteiger partial charge in [0.25, 0.3) is 0 Å². The third kappa shape index (κ3) is 5.31. The van der Waals surface area contributed by atoms with Gasteiger partial charge in [0.1, 0.15) is 6.10 Å². The van der Waals surface area contributed by atoms with E-state index in [1.54, 1.807) is 12.1 Å². The molecule has 5 heteroatoms. The Kier molecular flexibility index (Phi) is 8.00. The lowest BCUT2D eigenvalue weighted by Gasteiger charge is -2.37. The van der Waals surface area contributed by atoms with E-state index in [1.165, 1.54) is 19.3 Å². The van der Waals surface area contributed by atoms with E-state index < -0.39 is 17.9 Å². The quantitative estimate of drug-likeness (QED) is 0.497. The summed E-state index contributed by atoms with van der Waals surface area (Å²) in [5.41, 5.74) is 0.915. The summed E-state index contributed by atoms with van der Waals surface area (Å²) in [4.78, 5) is 0. The van der Waals surface area contributed by atoms with E-state index in [4.69, 9.17) is 14.2 Å². The molecule has 1 aromatic rings. The van der Waals surface area contributed by atoms with Crippen LogP contribution in [0.2, 0.25) is 0 Å². The molecule has 31 heavy (non-hydrogen) atoms. The van der Waals surface area contributed by atoms with Crippen LogP contribution < -0.4 is 0 Å². The van der Waals surface area contributed by atoms with Crippen molar-refractivity contribution in [1.82, 2.24) is 0 Å². The molecule has 4 rings (SSSR count). The molecule has 1 aromatic carbocycles. The molecule has 0 spiro atoms. The Bertz CT molecular complexity index is 701. The van der Waals surface area contributed by atoms with E-state index in [2.05, 4.69) is 13.8 Å². The fourth-order valence-corrected chi connectivity index (χ4v) is 5.68. The zero-order chi connectivity index (χ0) is 21.8. The Balaban J connectivity index is 1.33. The Morgan fingerprint density at radius 1 is 0.742 bits per heavy atom. The van der Waals surface area contributed by atoms with E-state index in [1.807, 2.05) is 0 Å². The average molecular weight is 437 g/mol. The number of ether oxygens (including phenoxy) is 3. The first-order chi connectivity index (χ1) is 15.1. The summed E-state index contributed by atoms with van der Waals surface area (Å²) in [5.74, 6) is -0.176. The molecule has 2 atom stereocenters. The first-order valence-corrected chi connectivity index (χ1v) is 12.4. The van der Waals surface area contributed by atoms with Gasteiger partial charge in [-0.15, -0.1) is 0 Å². The van der Waals surface area contributed by atoms with E-state index in [-0.39, 0.29) is 17.9 Å². The van der Waals surface area contributed by atoms with Gasteiger partial charge < -0.3 is 14.2 Å². The van der Waals surface area contributed by atoms with Gasteiger partial charge in [-0.3, -0.25) is 0 Å². The van der Waals surface area contributed by atoms with Gasteiger partial charge in [0.2, 0.25) is 0 Å². The van der Waals surface area contributed by atoms with Crippen molar-refractivity contribution in [3.05, 3.63) is 34.9 Å². The van der Waals surface area contributed by atoms with Gasteiger partial charge in [-0.1, -0.05) is 38.8 Å². The minimum Gasteiger partial charge on any atom is -0.373 e. The second-order valence-electron chi connectivity index (χ2n) is 9.83. The molecule has 1 aliphatic carbocycles. The van der Waals surface area contributed by atoms with Crippen molar-refractivity contribution in [3.63, 3.8) is 0 Å². The van der Waals surface area contributed by atoms with Crippen molar-refractivity contribution >= 4 is 0 Å². The Morgan fingerprint density at radius 2 is 1.35 bits per heavy atom. The maximum atomic E-state index is 15.0. The first kappa shape index (κ1) is 23.1. The van der Waals surface area contributed by atoms with E-state index >= 15 is 4.39 Å². The molecule has 3 nitrogen and oxygen atoms in total. The van der Waals surface area contributed by atoms with Crippen LogP contribution in [0.15, 0.2) is 12.1 Å². The molecule has 0 aromatic heterocycles. The Hall–Kier alpha value is -1.04. The van der Waals surface area contributed by atoms with Crippen LogP contribution in [0, 0.1) is 23.5 Å². The van der Waals surface area contributed by atoms with Gasteiger partial charge >= 0.3 is 0 Å². The van der Waals surface area contributed by atoms with Gasteiger partial charge in [-0.05, 0) is 73.8 Å². The Morgan fingerprint density at radius 3 is 1.90 bits per heavy atom. The highest BCUT2D eigenvalue weighted by Gasteiger charge is 2.35. The summed E-state index contributed by atoms with van der Waals surface area (Å²) in [5, 5.41) is 0. The van der Waals surface area contributed by atoms with Crippen LogP contribution >= 0.6 is 0 Å². The predicted octanol–water partition coefficient (Wildman–Crippen LogP) is 6.70. The fourth-order valence-electron chi connectivity index (χ4n) is 5.68. The summed E-state index contributed by atoms with van der Waals surface area (Å²) in [6.07, 6.45) is 9.27. The summed E-state index contributed by atoms with van der Waals surface area (Å²) in [6.45, 7) is 5.83. The smallest absolute Gasteiger partial charge is 0.183 e. The van der Waals surface area contributed by atoms with Gasteiger partial charge in [0, 0.05) is 5.92 Å². The molecule has 0 N–H and O–H groups in total. The second kappa shape index (κ2) is 10.7. The highest BCUT2D eigenvalue weighted by atomic mass is 19.2. The number of hydrogen-bond acceptors (Lipinski definition) is 3. The van der Waals surface area contributed by atoms with Crippen LogP contribution in [0.5, 0.6) is 0 Å². The molecule has 0 bridgehead atoms. The molecule has 0 amide bonds. The molecule has 3 aliphatic rings. The zero-order valence-corrected chi connectivity index (χ0v) is 19.1. The maximum absolute atomic E-state index is 15.0. The summed E-state index contributed by atoms with van der Waals surface area (Å²) in [7, 11) is 0. The molecule has 3 fully saturated rings. The molecule has 2 aliphatic heterocycles. The van der Waals surface area contributed by atoms with Gasteiger partial charge in [-0.2, -0.15) is 0 Å². The number of rotatable bonds is 6. The van der Waals surface area contributed by atoms with Crippen LogP contribution in [-0.4, -0.2) is 32.2 Å². The minimum absolute atomic E-state index is 0.0590. The van der Waals surface area contributed by atoms with Gasteiger partial charge in [0.15, 0.2) is 17.9 Å². The SMILES string of the molecule is CCCC1CCC(C2OCC(c3ccc(C4CCC(CC)CC4)c(F)c3F)CO2)OC1. The van der Waals surface area contributed by atoms with E-state index in [0.29, 0.717) is 30.3 Å². The normalized spacial score (nSPS) is 34.6. The first-order valence-electron chi connectivity index (χ1n) is 12.4. The van der Waals surface area contributed by atoms with Crippen molar-refractivity contribution in [2.24, 2.45) is 11.8 Å². The molecule has 0 radical (unpaired) electrons. The average Bonchev–Trinajstić information content (AvgIpc) is 2.82. The third-order valence-corrected chi connectivity index (χ3v) is 7.78. The zero-order valence-electron chi connectivity index (χ0n) is 19.1. The topological polar surface area (TPSA) is 27.7 Å². The third-order valence-electron chi connectivity index (χ3n) is 7.78.